The van der Waals surface area contributed by atoms with Gasteiger partial charge in [-0.25, -0.2) is 0 Å². The Morgan fingerprint density at radius 3 is 2.55 bits per heavy atom. The molecule has 1 N–H and O–H groups in total. The van der Waals surface area contributed by atoms with Gasteiger partial charge in [0.25, 0.3) is 0 Å². The Bertz CT molecular complexity index is 621. The molecule has 1 nitrogen and oxygen atoms in total. The van der Waals surface area contributed by atoms with Gasteiger partial charge in [-0.1, -0.05) is 53.2 Å². The van der Waals surface area contributed by atoms with Crippen molar-refractivity contribution < 1.29 is 0 Å². The van der Waals surface area contributed by atoms with E-state index in [9.17, 15) is 0 Å². The molecule has 0 saturated heterocycles. The molecule has 0 fully saturated rings. The summed E-state index contributed by atoms with van der Waals surface area (Å²) < 4.78 is 1.17. The minimum absolute atomic E-state index is 0.426. The van der Waals surface area contributed by atoms with E-state index in [1.807, 2.05) is 0 Å². The molecule has 0 saturated carbocycles. The Hall–Kier alpha value is -1.28. The average Bonchev–Trinajstić information content (AvgIpc) is 2.47. The van der Waals surface area contributed by atoms with Gasteiger partial charge in [0, 0.05) is 10.2 Å². The average molecular weight is 330 g/mol. The van der Waals surface area contributed by atoms with Crippen LogP contribution in [-0.4, -0.2) is 0 Å². The van der Waals surface area contributed by atoms with E-state index in [0.29, 0.717) is 12.0 Å². The van der Waals surface area contributed by atoms with E-state index in [1.54, 1.807) is 0 Å². The fourth-order valence-electron chi connectivity index (χ4n) is 3.11. The van der Waals surface area contributed by atoms with E-state index in [0.717, 1.165) is 0 Å². The first-order valence-electron chi connectivity index (χ1n) is 7.27. The summed E-state index contributed by atoms with van der Waals surface area (Å²) in [6, 6.07) is 15.6. The molecule has 2 aromatic rings. The first kappa shape index (κ1) is 13.7. The van der Waals surface area contributed by atoms with Gasteiger partial charge >= 0.3 is 0 Å². The van der Waals surface area contributed by atoms with E-state index >= 15 is 0 Å². The Kier molecular flexibility index (Phi) is 3.84. The van der Waals surface area contributed by atoms with E-state index in [2.05, 4.69) is 77.6 Å². The summed E-state index contributed by atoms with van der Waals surface area (Å²) in [4.78, 5) is 0. The predicted octanol–water partition coefficient (Wildman–Crippen LogP) is 5.81. The molecule has 0 amide bonds. The van der Waals surface area contributed by atoms with Crippen LogP contribution in [0.15, 0.2) is 46.9 Å². The van der Waals surface area contributed by atoms with Crippen molar-refractivity contribution in [2.45, 2.75) is 38.6 Å². The molecule has 3 rings (SSSR count). The van der Waals surface area contributed by atoms with Crippen LogP contribution in [0.1, 0.15) is 48.4 Å². The van der Waals surface area contributed by atoms with Crippen LogP contribution in [-0.2, 0) is 0 Å². The maximum Gasteiger partial charge on any atom is 0.0516 e. The fourth-order valence-corrected chi connectivity index (χ4v) is 3.47. The highest BCUT2D eigenvalue weighted by molar-refractivity contribution is 9.10. The van der Waals surface area contributed by atoms with E-state index in [-0.39, 0.29) is 0 Å². The van der Waals surface area contributed by atoms with Gasteiger partial charge in [0.15, 0.2) is 0 Å². The van der Waals surface area contributed by atoms with Crippen LogP contribution in [0.3, 0.4) is 0 Å². The smallest absolute Gasteiger partial charge is 0.0516 e. The molecule has 104 valence electrons. The summed E-state index contributed by atoms with van der Waals surface area (Å²) >= 11 is 3.61. The Morgan fingerprint density at radius 1 is 1.00 bits per heavy atom. The molecule has 0 aliphatic heterocycles. The van der Waals surface area contributed by atoms with Crippen molar-refractivity contribution in [2.75, 3.05) is 5.32 Å². The van der Waals surface area contributed by atoms with Crippen LogP contribution >= 0.6 is 15.9 Å². The molecule has 2 unspecified atom stereocenters. The molecule has 0 bridgehead atoms. The first-order chi connectivity index (χ1) is 9.66. The van der Waals surface area contributed by atoms with Crippen molar-refractivity contribution >= 4 is 21.6 Å². The van der Waals surface area contributed by atoms with Crippen LogP contribution in [0.5, 0.6) is 0 Å². The van der Waals surface area contributed by atoms with Crippen LogP contribution < -0.4 is 5.32 Å². The lowest BCUT2D eigenvalue weighted by Gasteiger charge is -2.31. The number of halogens is 1. The van der Waals surface area contributed by atoms with Crippen molar-refractivity contribution in [3.8, 4) is 0 Å². The van der Waals surface area contributed by atoms with Gasteiger partial charge in [-0.2, -0.15) is 0 Å². The Morgan fingerprint density at radius 2 is 1.75 bits per heavy atom. The van der Waals surface area contributed by atoms with E-state index < -0.39 is 0 Å². The number of hydrogen-bond donors (Lipinski definition) is 1. The minimum atomic E-state index is 0.426. The van der Waals surface area contributed by atoms with Crippen LogP contribution in [0.25, 0.3) is 0 Å². The van der Waals surface area contributed by atoms with Gasteiger partial charge in [0.1, 0.15) is 0 Å². The number of benzene rings is 2. The molecule has 1 aliphatic carbocycles. The van der Waals surface area contributed by atoms with E-state index in [1.165, 1.54) is 39.7 Å². The molecule has 2 heteroatoms. The molecule has 0 heterocycles. The monoisotopic (exact) mass is 329 g/mol. The summed E-state index contributed by atoms with van der Waals surface area (Å²) in [5.41, 5.74) is 5.48. The first-order valence-corrected chi connectivity index (χ1v) is 8.06. The lowest BCUT2D eigenvalue weighted by atomic mass is 9.81. The Balaban J connectivity index is 1.93. The van der Waals surface area contributed by atoms with Crippen molar-refractivity contribution in [2.24, 2.45) is 0 Å². The SMILES string of the molecule is Cc1c(Br)cccc1NC1CCC(C)c2ccccc21. The second-order valence-corrected chi connectivity index (χ2v) is 6.57. The number of rotatable bonds is 2. The summed E-state index contributed by atoms with van der Waals surface area (Å²) in [6.45, 7) is 4.49. The highest BCUT2D eigenvalue weighted by Crippen LogP contribution is 2.39. The van der Waals surface area contributed by atoms with Crippen LogP contribution in [0, 0.1) is 6.92 Å². The highest BCUT2D eigenvalue weighted by Gasteiger charge is 2.24. The maximum atomic E-state index is 3.74. The van der Waals surface area contributed by atoms with Gasteiger partial charge in [-0.3, -0.25) is 0 Å². The Labute approximate surface area is 129 Å². The van der Waals surface area contributed by atoms with Gasteiger partial charge in [-0.05, 0) is 54.5 Å². The summed E-state index contributed by atoms with van der Waals surface area (Å²) in [5.74, 6) is 0.674. The van der Waals surface area contributed by atoms with Crippen LogP contribution in [0.4, 0.5) is 5.69 Å². The second-order valence-electron chi connectivity index (χ2n) is 5.72. The van der Waals surface area contributed by atoms with Gasteiger partial charge in [-0.15, -0.1) is 0 Å². The molecular formula is C18H20BrN. The quantitative estimate of drug-likeness (QED) is 0.733. The third-order valence-electron chi connectivity index (χ3n) is 4.39. The zero-order valence-electron chi connectivity index (χ0n) is 12.0. The standard InChI is InChI=1S/C18H20BrN/c1-12-10-11-18(15-7-4-3-6-14(12)15)20-17-9-5-8-16(19)13(17)2/h3-9,12,18,20H,10-11H2,1-2H3. The number of hydrogen-bond acceptors (Lipinski definition) is 1. The summed E-state index contributed by atoms with van der Waals surface area (Å²) in [6.07, 6.45) is 2.45. The molecule has 2 atom stereocenters. The largest absolute Gasteiger partial charge is 0.378 e. The molecule has 20 heavy (non-hydrogen) atoms. The van der Waals surface area contributed by atoms with Gasteiger partial charge < -0.3 is 5.32 Å². The lowest BCUT2D eigenvalue weighted by Crippen LogP contribution is -2.19. The van der Waals surface area contributed by atoms with E-state index in [4.69, 9.17) is 0 Å². The topological polar surface area (TPSA) is 12.0 Å². The normalized spacial score (nSPS) is 21.4. The fraction of sp³-hybridized carbons (Fsp3) is 0.333. The zero-order chi connectivity index (χ0) is 14.1. The van der Waals surface area contributed by atoms with Gasteiger partial charge in [0.05, 0.1) is 6.04 Å². The highest BCUT2D eigenvalue weighted by atomic mass is 79.9. The van der Waals surface area contributed by atoms with Gasteiger partial charge in [0.2, 0.25) is 0 Å². The molecule has 0 aromatic heterocycles. The number of nitrogens with one attached hydrogen (secondary N) is 1. The number of fused-ring (bicyclic) bond motifs is 1. The molecular weight excluding hydrogens is 310 g/mol. The van der Waals surface area contributed by atoms with Crippen molar-refractivity contribution in [3.05, 3.63) is 63.6 Å². The third-order valence-corrected chi connectivity index (χ3v) is 5.25. The summed E-state index contributed by atoms with van der Waals surface area (Å²) in [7, 11) is 0. The predicted molar refractivity (Wildman–Crippen MR) is 89.3 cm³/mol. The maximum absolute atomic E-state index is 3.74. The van der Waals surface area contributed by atoms with Crippen molar-refractivity contribution in [1.82, 2.24) is 0 Å². The minimum Gasteiger partial charge on any atom is -0.378 e. The molecule has 0 spiro atoms. The third kappa shape index (κ3) is 2.49. The van der Waals surface area contributed by atoms with Crippen molar-refractivity contribution in [3.63, 3.8) is 0 Å². The second kappa shape index (κ2) is 5.61. The zero-order valence-corrected chi connectivity index (χ0v) is 13.6. The van der Waals surface area contributed by atoms with Crippen molar-refractivity contribution in [1.29, 1.82) is 0 Å². The lowest BCUT2D eigenvalue weighted by molar-refractivity contribution is 0.534. The van der Waals surface area contributed by atoms with Crippen LogP contribution in [0.2, 0.25) is 0 Å². The summed E-state index contributed by atoms with van der Waals surface area (Å²) in [5, 5.41) is 3.74. The molecule has 2 aromatic carbocycles. The molecule has 1 aliphatic rings. The molecule has 0 radical (unpaired) electrons. The number of anilines is 1.